The number of piperazine rings is 1. The number of carbonyl (C=O) groups is 2. The number of anilines is 1. The smallest absolute Gasteiger partial charge is 0.256 e. The lowest BCUT2D eigenvalue weighted by molar-refractivity contribution is -0.132. The summed E-state index contributed by atoms with van der Waals surface area (Å²) in [5.41, 5.74) is 1.98. The molecule has 1 aliphatic rings. The van der Waals surface area contributed by atoms with Crippen molar-refractivity contribution in [1.29, 1.82) is 0 Å². The number of hydrogen-bond donors (Lipinski definition) is 0. The lowest BCUT2D eigenvalue weighted by Crippen LogP contribution is -2.52. The molecule has 0 unspecified atom stereocenters. The fraction of sp³-hybridized carbons (Fsp3) is 0.241. The van der Waals surface area contributed by atoms with Crippen LogP contribution in [0.25, 0.3) is 11.3 Å². The Labute approximate surface area is 241 Å². The molecule has 1 fully saturated rings. The van der Waals surface area contributed by atoms with Gasteiger partial charge in [0.15, 0.2) is 5.82 Å². The predicted molar refractivity (Wildman–Crippen MR) is 153 cm³/mol. The Kier molecular flexibility index (Phi) is 8.52. The van der Waals surface area contributed by atoms with Crippen LogP contribution in [0.5, 0.6) is 5.75 Å². The third-order valence-corrected chi connectivity index (χ3v) is 7.24. The summed E-state index contributed by atoms with van der Waals surface area (Å²) in [6.45, 7) is 2.19. The van der Waals surface area contributed by atoms with Gasteiger partial charge in [-0.2, -0.15) is 0 Å². The summed E-state index contributed by atoms with van der Waals surface area (Å²) in [6.07, 6.45) is 1.53. The molecule has 40 heavy (non-hydrogen) atoms. The number of ether oxygens (including phenoxy) is 1. The molecule has 0 spiro atoms. The molecule has 2 amide bonds. The second-order valence-electron chi connectivity index (χ2n) is 9.24. The molecule has 9 nitrogen and oxygen atoms in total. The van der Waals surface area contributed by atoms with Crippen LogP contribution in [0.1, 0.15) is 16.1 Å². The van der Waals surface area contributed by atoms with Gasteiger partial charge >= 0.3 is 0 Å². The zero-order valence-corrected chi connectivity index (χ0v) is 23.3. The van der Waals surface area contributed by atoms with Crippen molar-refractivity contribution in [2.24, 2.45) is 0 Å². The molecule has 2 aromatic carbocycles. The Hall–Kier alpha value is -4.08. The van der Waals surface area contributed by atoms with Crippen molar-refractivity contribution in [2.45, 2.75) is 6.54 Å². The zero-order valence-electron chi connectivity index (χ0n) is 21.8. The number of aromatic nitrogens is 2. The van der Waals surface area contributed by atoms with Crippen molar-refractivity contribution in [1.82, 2.24) is 20.0 Å². The van der Waals surface area contributed by atoms with E-state index >= 15 is 0 Å². The summed E-state index contributed by atoms with van der Waals surface area (Å²) >= 11 is 12.3. The molecule has 0 bridgehead atoms. The molecular formula is C29H27Cl2N5O4. The maximum Gasteiger partial charge on any atom is 0.256 e. The van der Waals surface area contributed by atoms with Crippen LogP contribution in [0.4, 0.5) is 5.82 Å². The van der Waals surface area contributed by atoms with E-state index in [1.165, 1.54) is 17.2 Å². The van der Waals surface area contributed by atoms with Crippen LogP contribution in [0.15, 0.2) is 77.4 Å². The van der Waals surface area contributed by atoms with Crippen LogP contribution in [0.3, 0.4) is 0 Å². The SMILES string of the molecule is COc1ccc(-c2ccc(N3CCN(C(=O)CN(Cc4ccco4)C(=O)c4ccc(Cl)cc4Cl)CC3)nn2)cc1. The minimum Gasteiger partial charge on any atom is -0.497 e. The summed E-state index contributed by atoms with van der Waals surface area (Å²) in [7, 11) is 1.63. The van der Waals surface area contributed by atoms with Gasteiger partial charge in [0.1, 0.15) is 18.1 Å². The van der Waals surface area contributed by atoms with E-state index in [-0.39, 0.29) is 35.5 Å². The van der Waals surface area contributed by atoms with Crippen LogP contribution < -0.4 is 9.64 Å². The number of carbonyl (C=O) groups excluding carboxylic acids is 2. The number of halogens is 2. The van der Waals surface area contributed by atoms with Gasteiger partial charge < -0.3 is 23.9 Å². The van der Waals surface area contributed by atoms with E-state index in [1.807, 2.05) is 36.4 Å². The van der Waals surface area contributed by atoms with E-state index < -0.39 is 0 Å². The predicted octanol–water partition coefficient (Wildman–Crippen LogP) is 5.04. The Morgan fingerprint density at radius 2 is 1.75 bits per heavy atom. The van der Waals surface area contributed by atoms with Gasteiger partial charge in [0, 0.05) is 36.8 Å². The Morgan fingerprint density at radius 1 is 0.975 bits per heavy atom. The summed E-state index contributed by atoms with van der Waals surface area (Å²) in [4.78, 5) is 32.0. The number of furan rings is 1. The molecule has 1 saturated heterocycles. The highest BCUT2D eigenvalue weighted by atomic mass is 35.5. The van der Waals surface area contributed by atoms with E-state index in [1.54, 1.807) is 36.3 Å². The topological polar surface area (TPSA) is 92.0 Å². The first-order valence-electron chi connectivity index (χ1n) is 12.7. The Morgan fingerprint density at radius 3 is 2.38 bits per heavy atom. The average molecular weight is 580 g/mol. The standard InChI is InChI=1S/C29H27Cl2N5O4/c1-39-22-7-4-20(5-8-22)26-10-11-27(33-32-26)34-12-14-35(15-13-34)28(37)19-36(18-23-3-2-16-40-23)29(38)24-9-6-21(30)17-25(24)31/h2-11,16-17H,12-15,18-19H2,1H3. The van der Waals surface area contributed by atoms with Gasteiger partial charge in [-0.15, -0.1) is 10.2 Å². The second-order valence-corrected chi connectivity index (χ2v) is 10.1. The monoisotopic (exact) mass is 579 g/mol. The average Bonchev–Trinajstić information content (AvgIpc) is 3.50. The van der Waals surface area contributed by atoms with Crippen LogP contribution in [-0.4, -0.2) is 71.6 Å². The molecule has 3 heterocycles. The van der Waals surface area contributed by atoms with Gasteiger partial charge in [0.05, 0.1) is 36.2 Å². The normalized spacial score (nSPS) is 13.3. The Balaban J connectivity index is 1.21. The molecule has 5 rings (SSSR count). The number of rotatable bonds is 8. The third-order valence-electron chi connectivity index (χ3n) is 6.69. The Bertz CT molecular complexity index is 1460. The van der Waals surface area contributed by atoms with Crippen LogP contribution in [-0.2, 0) is 11.3 Å². The van der Waals surface area contributed by atoms with Gasteiger partial charge in [0.25, 0.3) is 5.91 Å². The van der Waals surface area contributed by atoms with Crippen molar-refractivity contribution in [3.05, 3.63) is 94.4 Å². The van der Waals surface area contributed by atoms with Gasteiger partial charge in [-0.3, -0.25) is 9.59 Å². The molecule has 1 aliphatic heterocycles. The van der Waals surface area contributed by atoms with E-state index in [4.69, 9.17) is 32.4 Å². The number of amides is 2. The van der Waals surface area contributed by atoms with Crippen molar-refractivity contribution in [2.75, 3.05) is 44.7 Å². The lowest BCUT2D eigenvalue weighted by Gasteiger charge is -2.36. The maximum absolute atomic E-state index is 13.4. The lowest BCUT2D eigenvalue weighted by atomic mass is 10.1. The van der Waals surface area contributed by atoms with Gasteiger partial charge in [-0.05, 0) is 66.7 Å². The maximum atomic E-state index is 13.4. The minimum atomic E-state index is -0.378. The van der Waals surface area contributed by atoms with E-state index in [2.05, 4.69) is 15.1 Å². The molecular weight excluding hydrogens is 553 g/mol. The molecule has 206 valence electrons. The first-order chi connectivity index (χ1) is 19.4. The number of benzene rings is 2. The zero-order chi connectivity index (χ0) is 28.1. The van der Waals surface area contributed by atoms with Crippen LogP contribution in [0.2, 0.25) is 10.0 Å². The molecule has 11 heteroatoms. The summed E-state index contributed by atoms with van der Waals surface area (Å²) in [5, 5.41) is 9.44. The number of hydrogen-bond acceptors (Lipinski definition) is 7. The second kappa shape index (κ2) is 12.4. The summed E-state index contributed by atoms with van der Waals surface area (Å²) in [5.74, 6) is 1.55. The fourth-order valence-corrected chi connectivity index (χ4v) is 4.97. The largest absolute Gasteiger partial charge is 0.497 e. The van der Waals surface area contributed by atoms with E-state index in [0.717, 1.165) is 22.8 Å². The van der Waals surface area contributed by atoms with Crippen molar-refractivity contribution in [3.63, 3.8) is 0 Å². The molecule has 4 aromatic rings. The third kappa shape index (κ3) is 6.38. The van der Waals surface area contributed by atoms with Gasteiger partial charge in [-0.25, -0.2) is 0 Å². The van der Waals surface area contributed by atoms with Crippen molar-refractivity contribution in [3.8, 4) is 17.0 Å². The fourth-order valence-electron chi connectivity index (χ4n) is 4.48. The molecule has 0 radical (unpaired) electrons. The highest BCUT2D eigenvalue weighted by Crippen LogP contribution is 2.24. The summed E-state index contributed by atoms with van der Waals surface area (Å²) < 4.78 is 10.6. The molecule has 2 aromatic heterocycles. The van der Waals surface area contributed by atoms with Crippen LogP contribution in [0, 0.1) is 0 Å². The van der Waals surface area contributed by atoms with Gasteiger partial charge in [0.2, 0.25) is 5.91 Å². The number of nitrogens with zero attached hydrogens (tertiary/aromatic N) is 5. The van der Waals surface area contributed by atoms with Crippen LogP contribution >= 0.6 is 23.2 Å². The molecule has 0 N–H and O–H groups in total. The first kappa shape index (κ1) is 27.5. The summed E-state index contributed by atoms with van der Waals surface area (Å²) in [6, 6.07) is 19.7. The minimum absolute atomic E-state index is 0.116. The molecule has 0 saturated carbocycles. The number of methoxy groups -OCH3 is 1. The van der Waals surface area contributed by atoms with E-state index in [0.29, 0.717) is 37.0 Å². The molecule has 0 atom stereocenters. The highest BCUT2D eigenvalue weighted by Gasteiger charge is 2.27. The first-order valence-corrected chi connectivity index (χ1v) is 13.4. The quantitative estimate of drug-likeness (QED) is 0.288. The van der Waals surface area contributed by atoms with Crippen molar-refractivity contribution < 1.29 is 18.7 Å². The van der Waals surface area contributed by atoms with E-state index in [9.17, 15) is 9.59 Å². The van der Waals surface area contributed by atoms with Gasteiger partial charge in [-0.1, -0.05) is 23.2 Å². The highest BCUT2D eigenvalue weighted by molar-refractivity contribution is 6.36. The van der Waals surface area contributed by atoms with Crippen molar-refractivity contribution >= 4 is 40.8 Å². The molecule has 0 aliphatic carbocycles.